The van der Waals surface area contributed by atoms with Crippen molar-refractivity contribution in [3.05, 3.63) is 21.5 Å². The topological polar surface area (TPSA) is 73.0 Å². The third kappa shape index (κ3) is 3.56. The SMILES string of the molecule is CCNC(Cc1c([N+](=O)[O-])c(C)nn1C(C)C)C(C)C. The molecule has 1 unspecified atom stereocenters. The fourth-order valence-electron chi connectivity index (χ4n) is 2.46. The van der Waals surface area contributed by atoms with E-state index in [1.165, 1.54) is 0 Å². The molecule has 6 nitrogen and oxygen atoms in total. The number of nitro groups is 1. The van der Waals surface area contributed by atoms with E-state index in [-0.39, 0.29) is 22.7 Å². The van der Waals surface area contributed by atoms with Crippen LogP contribution in [0.3, 0.4) is 0 Å². The minimum absolute atomic E-state index is 0.117. The van der Waals surface area contributed by atoms with Gasteiger partial charge in [0.1, 0.15) is 11.4 Å². The van der Waals surface area contributed by atoms with Gasteiger partial charge in [-0.2, -0.15) is 5.10 Å². The van der Waals surface area contributed by atoms with E-state index in [2.05, 4.69) is 31.2 Å². The summed E-state index contributed by atoms with van der Waals surface area (Å²) in [6.45, 7) is 12.9. The molecular weight excluding hydrogens is 256 g/mol. The molecule has 1 aromatic rings. The Bertz CT molecular complexity index is 466. The highest BCUT2D eigenvalue weighted by Crippen LogP contribution is 2.27. The van der Waals surface area contributed by atoms with Crippen molar-refractivity contribution in [2.45, 2.75) is 60.0 Å². The van der Waals surface area contributed by atoms with Crippen LogP contribution in [0.25, 0.3) is 0 Å². The van der Waals surface area contributed by atoms with Gasteiger partial charge in [0, 0.05) is 18.5 Å². The van der Waals surface area contributed by atoms with Crippen molar-refractivity contribution >= 4 is 5.69 Å². The highest BCUT2D eigenvalue weighted by atomic mass is 16.6. The van der Waals surface area contributed by atoms with E-state index in [0.29, 0.717) is 18.0 Å². The lowest BCUT2D eigenvalue weighted by Gasteiger charge is -2.22. The molecule has 0 aromatic carbocycles. The van der Waals surface area contributed by atoms with E-state index in [1.807, 2.05) is 13.8 Å². The second-order valence-corrected chi connectivity index (χ2v) is 5.79. The van der Waals surface area contributed by atoms with Gasteiger partial charge >= 0.3 is 5.69 Å². The number of hydrogen-bond donors (Lipinski definition) is 1. The van der Waals surface area contributed by atoms with Crippen LogP contribution in [0.15, 0.2) is 0 Å². The Morgan fingerprint density at radius 1 is 1.35 bits per heavy atom. The molecule has 20 heavy (non-hydrogen) atoms. The predicted molar refractivity (Wildman–Crippen MR) is 80.0 cm³/mol. The maximum atomic E-state index is 11.3. The van der Waals surface area contributed by atoms with Gasteiger partial charge in [-0.05, 0) is 33.2 Å². The fourth-order valence-corrected chi connectivity index (χ4v) is 2.46. The van der Waals surface area contributed by atoms with E-state index in [9.17, 15) is 10.1 Å². The van der Waals surface area contributed by atoms with Crippen LogP contribution in [0.5, 0.6) is 0 Å². The lowest BCUT2D eigenvalue weighted by atomic mass is 9.98. The lowest BCUT2D eigenvalue weighted by molar-refractivity contribution is -0.386. The van der Waals surface area contributed by atoms with Crippen LogP contribution >= 0.6 is 0 Å². The standard InChI is InChI=1S/C14H26N4O2/c1-7-15-12(9(2)3)8-13-14(18(19)20)11(6)16-17(13)10(4)5/h9-10,12,15H,7-8H2,1-6H3. The van der Waals surface area contributed by atoms with Gasteiger partial charge in [-0.15, -0.1) is 0 Å². The van der Waals surface area contributed by atoms with Gasteiger partial charge in [0.05, 0.1) is 4.92 Å². The van der Waals surface area contributed by atoms with Gasteiger partial charge in [0.15, 0.2) is 0 Å². The summed E-state index contributed by atoms with van der Waals surface area (Å²) in [4.78, 5) is 11.0. The van der Waals surface area contributed by atoms with E-state index >= 15 is 0 Å². The van der Waals surface area contributed by atoms with Crippen LogP contribution < -0.4 is 5.32 Å². The molecule has 0 aliphatic heterocycles. The summed E-state index contributed by atoms with van der Waals surface area (Å²) in [5.74, 6) is 0.408. The van der Waals surface area contributed by atoms with Gasteiger partial charge in [-0.3, -0.25) is 14.8 Å². The molecule has 0 saturated carbocycles. The van der Waals surface area contributed by atoms with Gasteiger partial charge < -0.3 is 5.32 Å². The van der Waals surface area contributed by atoms with Crippen molar-refractivity contribution in [1.82, 2.24) is 15.1 Å². The fraction of sp³-hybridized carbons (Fsp3) is 0.786. The monoisotopic (exact) mass is 282 g/mol. The van der Waals surface area contributed by atoms with Crippen LogP contribution in [0, 0.1) is 23.0 Å². The smallest absolute Gasteiger partial charge is 0.313 e. The lowest BCUT2D eigenvalue weighted by Crippen LogP contribution is -2.36. The van der Waals surface area contributed by atoms with Crippen molar-refractivity contribution in [1.29, 1.82) is 0 Å². The van der Waals surface area contributed by atoms with E-state index < -0.39 is 0 Å². The Morgan fingerprint density at radius 3 is 2.35 bits per heavy atom. The van der Waals surface area contributed by atoms with E-state index in [4.69, 9.17) is 0 Å². The first-order valence-electron chi connectivity index (χ1n) is 7.25. The number of aromatic nitrogens is 2. The minimum Gasteiger partial charge on any atom is -0.314 e. The number of aryl methyl sites for hydroxylation is 1. The van der Waals surface area contributed by atoms with Crippen LogP contribution in [0.4, 0.5) is 5.69 Å². The first kappa shape index (κ1) is 16.6. The third-order valence-electron chi connectivity index (χ3n) is 3.51. The van der Waals surface area contributed by atoms with Crippen LogP contribution in [-0.2, 0) is 6.42 Å². The van der Waals surface area contributed by atoms with Crippen LogP contribution in [0.2, 0.25) is 0 Å². The molecule has 0 spiro atoms. The number of hydrogen-bond acceptors (Lipinski definition) is 4. The zero-order chi connectivity index (χ0) is 15.4. The van der Waals surface area contributed by atoms with Crippen molar-refractivity contribution < 1.29 is 4.92 Å². The Morgan fingerprint density at radius 2 is 1.95 bits per heavy atom. The molecule has 0 aliphatic rings. The summed E-state index contributed by atoms with van der Waals surface area (Å²) in [6.07, 6.45) is 0.626. The van der Waals surface area contributed by atoms with Gasteiger partial charge in [-0.25, -0.2) is 0 Å². The minimum atomic E-state index is -0.306. The van der Waals surface area contributed by atoms with Crippen molar-refractivity contribution in [2.75, 3.05) is 6.54 Å². The Kier molecular flexibility index (Phi) is 5.68. The number of rotatable bonds is 7. The molecule has 6 heteroatoms. The van der Waals surface area contributed by atoms with Crippen LogP contribution in [-0.4, -0.2) is 27.3 Å². The predicted octanol–water partition coefficient (Wildman–Crippen LogP) is 2.86. The summed E-state index contributed by atoms with van der Waals surface area (Å²) in [5, 5.41) is 19.1. The summed E-state index contributed by atoms with van der Waals surface area (Å²) < 4.78 is 1.79. The quantitative estimate of drug-likeness (QED) is 0.616. The number of nitrogens with one attached hydrogen (secondary N) is 1. The average Bonchev–Trinajstić information content (AvgIpc) is 2.65. The number of nitrogens with zero attached hydrogens (tertiary/aromatic N) is 3. The van der Waals surface area contributed by atoms with Gasteiger partial charge in [0.25, 0.3) is 0 Å². The summed E-state index contributed by atoms with van der Waals surface area (Å²) in [7, 11) is 0. The molecule has 1 atom stereocenters. The first-order valence-corrected chi connectivity index (χ1v) is 7.25. The van der Waals surface area contributed by atoms with Crippen molar-refractivity contribution in [3.63, 3.8) is 0 Å². The molecule has 114 valence electrons. The largest absolute Gasteiger partial charge is 0.314 e. The molecule has 0 bridgehead atoms. The Balaban J connectivity index is 3.22. The molecule has 0 aliphatic carbocycles. The molecule has 1 N–H and O–H groups in total. The first-order chi connectivity index (χ1) is 9.29. The summed E-state index contributed by atoms with van der Waals surface area (Å²) in [6, 6.07) is 0.333. The molecule has 0 radical (unpaired) electrons. The zero-order valence-electron chi connectivity index (χ0n) is 13.3. The molecule has 1 rings (SSSR count). The van der Waals surface area contributed by atoms with E-state index in [0.717, 1.165) is 12.2 Å². The summed E-state index contributed by atoms with van der Waals surface area (Å²) >= 11 is 0. The maximum Gasteiger partial charge on any atom is 0.313 e. The Labute approximate surface area is 120 Å². The average molecular weight is 282 g/mol. The van der Waals surface area contributed by atoms with Gasteiger partial charge in [0.2, 0.25) is 0 Å². The van der Waals surface area contributed by atoms with Crippen LogP contribution in [0.1, 0.15) is 52.0 Å². The second-order valence-electron chi connectivity index (χ2n) is 5.79. The van der Waals surface area contributed by atoms with Crippen molar-refractivity contribution in [2.24, 2.45) is 5.92 Å². The highest BCUT2D eigenvalue weighted by molar-refractivity contribution is 5.41. The normalized spacial score (nSPS) is 13.2. The molecule has 0 saturated heterocycles. The zero-order valence-corrected chi connectivity index (χ0v) is 13.3. The number of likely N-dealkylation sites (N-methyl/N-ethyl adjacent to an activating group) is 1. The summed E-state index contributed by atoms with van der Waals surface area (Å²) in [5.41, 5.74) is 1.39. The maximum absolute atomic E-state index is 11.3. The van der Waals surface area contributed by atoms with Crippen molar-refractivity contribution in [3.8, 4) is 0 Å². The highest BCUT2D eigenvalue weighted by Gasteiger charge is 2.28. The molecule has 1 heterocycles. The van der Waals surface area contributed by atoms with E-state index in [1.54, 1.807) is 11.6 Å². The molecular formula is C14H26N4O2. The molecule has 0 fully saturated rings. The Hall–Kier alpha value is -1.43. The second kappa shape index (κ2) is 6.83. The molecule has 0 amide bonds. The van der Waals surface area contributed by atoms with Gasteiger partial charge in [-0.1, -0.05) is 20.8 Å². The third-order valence-corrected chi connectivity index (χ3v) is 3.51. The molecule has 1 aromatic heterocycles.